The van der Waals surface area contributed by atoms with Crippen LogP contribution < -0.4 is 10.6 Å². The highest BCUT2D eigenvalue weighted by atomic mass is 16.6. The number of hydrogen-bond donors (Lipinski definition) is 2. The zero-order chi connectivity index (χ0) is 17.7. The van der Waals surface area contributed by atoms with Crippen LogP contribution in [0, 0.1) is 10.1 Å². The SMILES string of the molecule is CC(C)(CNCc1ccc([N+](=O)[O-])cc1)NC(=O)OC(C)(C)C. The van der Waals surface area contributed by atoms with Gasteiger partial charge in [0.05, 0.1) is 10.5 Å². The lowest BCUT2D eigenvalue weighted by Gasteiger charge is -2.29. The monoisotopic (exact) mass is 323 g/mol. The third kappa shape index (κ3) is 7.60. The fraction of sp³-hybridized carbons (Fsp3) is 0.562. The van der Waals surface area contributed by atoms with E-state index in [1.54, 1.807) is 12.1 Å². The number of nitrogens with one attached hydrogen (secondary N) is 2. The highest BCUT2D eigenvalue weighted by molar-refractivity contribution is 5.68. The zero-order valence-electron chi connectivity index (χ0n) is 14.3. The molecule has 0 atom stereocenters. The summed E-state index contributed by atoms with van der Waals surface area (Å²) in [5.74, 6) is 0. The minimum Gasteiger partial charge on any atom is -0.444 e. The minimum absolute atomic E-state index is 0.0701. The molecule has 7 heteroatoms. The molecule has 2 N–H and O–H groups in total. The largest absolute Gasteiger partial charge is 0.444 e. The Kier molecular flexibility index (Phi) is 6.09. The molecule has 1 amide bonds. The summed E-state index contributed by atoms with van der Waals surface area (Å²) in [5.41, 5.74) is -0.0144. The summed E-state index contributed by atoms with van der Waals surface area (Å²) < 4.78 is 5.23. The summed E-state index contributed by atoms with van der Waals surface area (Å²) in [7, 11) is 0. The molecule has 1 aromatic rings. The van der Waals surface area contributed by atoms with Crippen molar-refractivity contribution in [3.63, 3.8) is 0 Å². The Morgan fingerprint density at radius 2 is 1.74 bits per heavy atom. The molecular weight excluding hydrogens is 298 g/mol. The van der Waals surface area contributed by atoms with E-state index >= 15 is 0 Å². The van der Waals surface area contributed by atoms with Gasteiger partial charge in [0.25, 0.3) is 5.69 Å². The Morgan fingerprint density at radius 1 is 1.17 bits per heavy atom. The van der Waals surface area contributed by atoms with Gasteiger partial charge in [-0.15, -0.1) is 0 Å². The van der Waals surface area contributed by atoms with Gasteiger partial charge in [-0.3, -0.25) is 10.1 Å². The lowest BCUT2D eigenvalue weighted by atomic mass is 10.1. The molecule has 7 nitrogen and oxygen atoms in total. The Labute approximate surface area is 136 Å². The molecule has 0 aliphatic carbocycles. The van der Waals surface area contributed by atoms with Crippen LogP contribution in [0.1, 0.15) is 40.2 Å². The maximum absolute atomic E-state index is 11.8. The van der Waals surface area contributed by atoms with Crippen molar-refractivity contribution in [3.8, 4) is 0 Å². The number of ether oxygens (including phenoxy) is 1. The smallest absolute Gasteiger partial charge is 0.408 e. The first-order chi connectivity index (χ1) is 10.5. The molecule has 0 heterocycles. The van der Waals surface area contributed by atoms with Gasteiger partial charge in [0.2, 0.25) is 0 Å². The van der Waals surface area contributed by atoms with Crippen LogP contribution in [-0.4, -0.2) is 28.7 Å². The van der Waals surface area contributed by atoms with E-state index in [4.69, 9.17) is 4.74 Å². The van der Waals surface area contributed by atoms with Gasteiger partial charge >= 0.3 is 6.09 Å². The number of carbonyl (C=O) groups excluding carboxylic acids is 1. The van der Waals surface area contributed by atoms with Gasteiger partial charge < -0.3 is 15.4 Å². The standard InChI is InChI=1S/C16H25N3O4/c1-15(2,3)23-14(20)18-16(4,5)11-17-10-12-6-8-13(9-7-12)19(21)22/h6-9,17H,10-11H2,1-5H3,(H,18,20). The predicted molar refractivity (Wildman–Crippen MR) is 88.3 cm³/mol. The summed E-state index contributed by atoms with van der Waals surface area (Å²) >= 11 is 0. The van der Waals surface area contributed by atoms with Crippen LogP contribution in [0.2, 0.25) is 0 Å². The normalized spacial score (nSPS) is 11.9. The second kappa shape index (κ2) is 7.41. The van der Waals surface area contributed by atoms with Crippen LogP contribution in [0.15, 0.2) is 24.3 Å². The van der Waals surface area contributed by atoms with Crippen molar-refractivity contribution in [1.82, 2.24) is 10.6 Å². The Morgan fingerprint density at radius 3 is 2.22 bits per heavy atom. The highest BCUT2D eigenvalue weighted by Crippen LogP contribution is 2.12. The van der Waals surface area contributed by atoms with Gasteiger partial charge in [0.15, 0.2) is 0 Å². The van der Waals surface area contributed by atoms with E-state index in [0.29, 0.717) is 13.1 Å². The van der Waals surface area contributed by atoms with Gasteiger partial charge in [0, 0.05) is 25.2 Å². The molecule has 0 bridgehead atoms. The molecule has 0 saturated carbocycles. The summed E-state index contributed by atoms with van der Waals surface area (Å²) in [5, 5.41) is 16.6. The second-order valence-corrected chi connectivity index (χ2v) is 7.04. The van der Waals surface area contributed by atoms with E-state index < -0.39 is 22.2 Å². The maximum atomic E-state index is 11.8. The molecule has 0 spiro atoms. The van der Waals surface area contributed by atoms with Crippen LogP contribution in [0.3, 0.4) is 0 Å². The van der Waals surface area contributed by atoms with Crippen molar-refractivity contribution in [2.45, 2.75) is 52.3 Å². The minimum atomic E-state index is -0.535. The number of carbonyl (C=O) groups is 1. The highest BCUT2D eigenvalue weighted by Gasteiger charge is 2.24. The van der Waals surface area contributed by atoms with Crippen LogP contribution in [0.4, 0.5) is 10.5 Å². The van der Waals surface area contributed by atoms with E-state index in [1.165, 1.54) is 12.1 Å². The van der Waals surface area contributed by atoms with E-state index in [0.717, 1.165) is 5.56 Å². The summed E-state index contributed by atoms with van der Waals surface area (Å²) in [4.78, 5) is 22.0. The number of alkyl carbamates (subject to hydrolysis) is 1. The summed E-state index contributed by atoms with van der Waals surface area (Å²) in [6.45, 7) is 10.3. The third-order valence-corrected chi connectivity index (χ3v) is 2.88. The number of nitro groups is 1. The van der Waals surface area contributed by atoms with Gasteiger partial charge in [-0.25, -0.2) is 4.79 Å². The van der Waals surface area contributed by atoms with E-state index in [2.05, 4.69) is 10.6 Å². The lowest BCUT2D eigenvalue weighted by Crippen LogP contribution is -2.51. The number of hydrogen-bond acceptors (Lipinski definition) is 5. The molecule has 0 unspecified atom stereocenters. The first-order valence-corrected chi connectivity index (χ1v) is 7.44. The fourth-order valence-corrected chi connectivity index (χ4v) is 1.88. The van der Waals surface area contributed by atoms with Crippen molar-refractivity contribution < 1.29 is 14.5 Å². The molecule has 0 aliphatic heterocycles. The Balaban J connectivity index is 2.44. The fourth-order valence-electron chi connectivity index (χ4n) is 1.88. The first kappa shape index (κ1) is 18.9. The number of nitro benzene ring substituents is 1. The number of benzene rings is 1. The number of nitrogens with zero attached hydrogens (tertiary/aromatic N) is 1. The Hall–Kier alpha value is -2.15. The number of amides is 1. The molecular formula is C16H25N3O4. The molecule has 0 saturated heterocycles. The van der Waals surface area contributed by atoms with Crippen molar-refractivity contribution >= 4 is 11.8 Å². The molecule has 0 aromatic heterocycles. The van der Waals surface area contributed by atoms with Gasteiger partial charge in [-0.2, -0.15) is 0 Å². The average Bonchev–Trinajstić information content (AvgIpc) is 2.35. The zero-order valence-corrected chi connectivity index (χ0v) is 14.3. The molecule has 0 radical (unpaired) electrons. The van der Waals surface area contributed by atoms with E-state index in [9.17, 15) is 14.9 Å². The first-order valence-electron chi connectivity index (χ1n) is 7.44. The number of rotatable bonds is 6. The van der Waals surface area contributed by atoms with E-state index in [1.807, 2.05) is 34.6 Å². The predicted octanol–water partition coefficient (Wildman–Crippen LogP) is 2.99. The van der Waals surface area contributed by atoms with Crippen LogP contribution >= 0.6 is 0 Å². The van der Waals surface area contributed by atoms with Crippen molar-refractivity contribution in [3.05, 3.63) is 39.9 Å². The number of non-ortho nitro benzene ring substituents is 1. The van der Waals surface area contributed by atoms with Gasteiger partial charge in [-0.1, -0.05) is 12.1 Å². The van der Waals surface area contributed by atoms with Crippen LogP contribution in [0.25, 0.3) is 0 Å². The molecule has 1 rings (SSSR count). The maximum Gasteiger partial charge on any atom is 0.408 e. The lowest BCUT2D eigenvalue weighted by molar-refractivity contribution is -0.384. The topological polar surface area (TPSA) is 93.5 Å². The third-order valence-electron chi connectivity index (χ3n) is 2.88. The van der Waals surface area contributed by atoms with Gasteiger partial charge in [-0.05, 0) is 40.2 Å². The average molecular weight is 323 g/mol. The quantitative estimate of drug-likeness (QED) is 0.620. The van der Waals surface area contributed by atoms with Crippen molar-refractivity contribution in [2.24, 2.45) is 0 Å². The van der Waals surface area contributed by atoms with Crippen LogP contribution in [-0.2, 0) is 11.3 Å². The Bertz CT molecular complexity index is 547. The molecule has 1 aromatic carbocycles. The van der Waals surface area contributed by atoms with Gasteiger partial charge in [0.1, 0.15) is 5.60 Å². The second-order valence-electron chi connectivity index (χ2n) is 7.04. The molecule has 23 heavy (non-hydrogen) atoms. The van der Waals surface area contributed by atoms with Crippen molar-refractivity contribution in [1.29, 1.82) is 0 Å². The molecule has 128 valence electrons. The molecule has 0 fully saturated rings. The summed E-state index contributed by atoms with van der Waals surface area (Å²) in [6.07, 6.45) is -0.459. The van der Waals surface area contributed by atoms with E-state index in [-0.39, 0.29) is 5.69 Å². The van der Waals surface area contributed by atoms with Crippen LogP contribution in [0.5, 0.6) is 0 Å². The summed E-state index contributed by atoms with van der Waals surface area (Å²) in [6, 6.07) is 6.36. The van der Waals surface area contributed by atoms with Crippen molar-refractivity contribution in [2.75, 3.05) is 6.54 Å². The molecule has 0 aliphatic rings.